The Bertz CT molecular complexity index is 445. The van der Waals surface area contributed by atoms with Gasteiger partial charge in [0.1, 0.15) is 5.82 Å². The molecule has 1 aromatic rings. The molecule has 0 aromatic heterocycles. The molecule has 2 heterocycles. The van der Waals surface area contributed by atoms with E-state index in [0.29, 0.717) is 19.4 Å². The summed E-state index contributed by atoms with van der Waals surface area (Å²) in [6.07, 6.45) is 2.05. The summed E-state index contributed by atoms with van der Waals surface area (Å²) in [7, 11) is 0. The summed E-state index contributed by atoms with van der Waals surface area (Å²) in [5, 5.41) is 0. The Morgan fingerprint density at radius 2 is 2.06 bits per heavy atom. The first kappa shape index (κ1) is 10.7. The van der Waals surface area contributed by atoms with Crippen molar-refractivity contribution in [3.05, 3.63) is 35.6 Å². The van der Waals surface area contributed by atoms with Crippen molar-refractivity contribution in [1.29, 1.82) is 0 Å². The summed E-state index contributed by atoms with van der Waals surface area (Å²) in [5.41, 5.74) is 0.243. The van der Waals surface area contributed by atoms with E-state index in [-0.39, 0.29) is 11.7 Å². The molecule has 2 saturated heterocycles. The normalized spacial score (nSPS) is 28.3. The number of ether oxygens (including phenoxy) is 1. The summed E-state index contributed by atoms with van der Waals surface area (Å²) in [6.45, 7) is 1.39. The van der Waals surface area contributed by atoms with Gasteiger partial charge < -0.3 is 9.64 Å². The molecule has 0 unspecified atom stereocenters. The van der Waals surface area contributed by atoms with Crippen LogP contribution in [0.2, 0.25) is 0 Å². The van der Waals surface area contributed by atoms with Crippen molar-refractivity contribution in [3.63, 3.8) is 0 Å². The van der Waals surface area contributed by atoms with Crippen molar-refractivity contribution in [2.75, 3.05) is 13.2 Å². The molecule has 0 aliphatic carbocycles. The van der Waals surface area contributed by atoms with Gasteiger partial charge >= 0.3 is 0 Å². The van der Waals surface area contributed by atoms with Gasteiger partial charge in [-0.1, -0.05) is 12.1 Å². The second kappa shape index (κ2) is 3.81. The number of rotatable bonds is 1. The number of carbonyl (C=O) groups excluding carboxylic acids is 1. The molecular weight excluding hydrogens is 221 g/mol. The van der Waals surface area contributed by atoms with Gasteiger partial charge in [-0.25, -0.2) is 4.39 Å². The highest BCUT2D eigenvalue weighted by Gasteiger charge is 2.49. The zero-order valence-electron chi connectivity index (χ0n) is 9.49. The number of nitrogens with zero attached hydrogens (tertiary/aromatic N) is 1. The van der Waals surface area contributed by atoms with Gasteiger partial charge in [-0.05, 0) is 18.6 Å². The van der Waals surface area contributed by atoms with Crippen LogP contribution in [0.4, 0.5) is 4.39 Å². The van der Waals surface area contributed by atoms with Gasteiger partial charge in [0.25, 0.3) is 0 Å². The predicted octanol–water partition coefficient (Wildman–Crippen LogP) is 2.02. The molecule has 0 N–H and O–H groups in total. The van der Waals surface area contributed by atoms with E-state index in [4.69, 9.17) is 4.74 Å². The van der Waals surface area contributed by atoms with Crippen LogP contribution < -0.4 is 0 Å². The van der Waals surface area contributed by atoms with E-state index in [2.05, 4.69) is 0 Å². The minimum absolute atomic E-state index is 0.133. The average Bonchev–Trinajstić information content (AvgIpc) is 2.70. The Kier molecular flexibility index (Phi) is 2.40. The number of amides is 1. The van der Waals surface area contributed by atoms with E-state index in [1.165, 1.54) is 12.1 Å². The van der Waals surface area contributed by atoms with Crippen molar-refractivity contribution >= 4 is 5.91 Å². The minimum atomic E-state index is -0.636. The Hall–Kier alpha value is -1.42. The van der Waals surface area contributed by atoms with Gasteiger partial charge in [-0.2, -0.15) is 0 Å². The quantitative estimate of drug-likeness (QED) is 0.745. The Labute approximate surface area is 99.2 Å². The summed E-state index contributed by atoms with van der Waals surface area (Å²) in [4.78, 5) is 13.6. The Morgan fingerprint density at radius 1 is 1.29 bits per heavy atom. The van der Waals surface area contributed by atoms with Gasteiger partial charge in [-0.3, -0.25) is 4.79 Å². The lowest BCUT2D eigenvalue weighted by Crippen LogP contribution is -2.49. The van der Waals surface area contributed by atoms with Crippen molar-refractivity contribution in [2.24, 2.45) is 0 Å². The molecular formula is C13H14FNO2. The van der Waals surface area contributed by atoms with Crippen LogP contribution in [0.25, 0.3) is 0 Å². The van der Waals surface area contributed by atoms with E-state index in [9.17, 15) is 9.18 Å². The van der Waals surface area contributed by atoms with Gasteiger partial charge in [0.2, 0.25) is 5.91 Å². The second-order valence-electron chi connectivity index (χ2n) is 4.54. The van der Waals surface area contributed by atoms with Crippen molar-refractivity contribution in [2.45, 2.75) is 25.0 Å². The van der Waals surface area contributed by atoms with Crippen LogP contribution in [0, 0.1) is 5.82 Å². The molecule has 1 aromatic carbocycles. The Morgan fingerprint density at radius 3 is 2.82 bits per heavy atom. The van der Waals surface area contributed by atoms with Crippen molar-refractivity contribution in [3.8, 4) is 0 Å². The molecule has 0 spiro atoms. The number of halogens is 1. The molecule has 4 heteroatoms. The molecule has 2 fully saturated rings. The summed E-state index contributed by atoms with van der Waals surface area (Å²) < 4.78 is 18.8. The molecule has 1 amide bonds. The first-order valence-electron chi connectivity index (χ1n) is 5.93. The number of carbonyl (C=O) groups is 1. The zero-order chi connectivity index (χ0) is 11.9. The highest BCUT2D eigenvalue weighted by Crippen LogP contribution is 2.42. The maximum atomic E-state index is 13.0. The van der Waals surface area contributed by atoms with Gasteiger partial charge in [0.15, 0.2) is 5.72 Å². The molecule has 3 rings (SSSR count). The van der Waals surface area contributed by atoms with Crippen LogP contribution in [0.5, 0.6) is 0 Å². The summed E-state index contributed by atoms with van der Waals surface area (Å²) in [5.74, 6) is -0.133. The molecule has 2 aliphatic heterocycles. The molecule has 0 saturated carbocycles. The van der Waals surface area contributed by atoms with E-state index < -0.39 is 5.72 Å². The molecule has 3 nitrogen and oxygen atoms in total. The lowest BCUT2D eigenvalue weighted by atomic mass is 9.98. The Balaban J connectivity index is 2.03. The monoisotopic (exact) mass is 235 g/mol. The summed E-state index contributed by atoms with van der Waals surface area (Å²) in [6, 6.07) is 6.27. The molecule has 2 aliphatic rings. The number of hydrogen-bond acceptors (Lipinski definition) is 2. The third-order valence-electron chi connectivity index (χ3n) is 3.58. The second-order valence-corrected chi connectivity index (χ2v) is 4.54. The lowest BCUT2D eigenvalue weighted by Gasteiger charge is -2.42. The topological polar surface area (TPSA) is 29.5 Å². The standard InChI is InChI=1S/C13H14FNO2/c14-11-4-2-10(3-5-11)13-7-6-12(16)15(13)8-1-9-17-13/h2-5H,1,6-9H2/t13-/m0/s1. The fourth-order valence-electron chi connectivity index (χ4n) is 2.76. The lowest BCUT2D eigenvalue weighted by molar-refractivity contribution is -0.183. The highest BCUT2D eigenvalue weighted by molar-refractivity contribution is 5.79. The van der Waals surface area contributed by atoms with Crippen LogP contribution in [-0.4, -0.2) is 24.0 Å². The minimum Gasteiger partial charge on any atom is -0.351 e. The zero-order valence-corrected chi connectivity index (χ0v) is 9.49. The molecule has 90 valence electrons. The van der Waals surface area contributed by atoms with Crippen LogP contribution in [-0.2, 0) is 15.3 Å². The van der Waals surface area contributed by atoms with Crippen LogP contribution >= 0.6 is 0 Å². The molecule has 1 atom stereocenters. The van der Waals surface area contributed by atoms with Crippen molar-refractivity contribution < 1.29 is 13.9 Å². The van der Waals surface area contributed by atoms with Gasteiger partial charge in [0.05, 0.1) is 6.61 Å². The van der Waals surface area contributed by atoms with E-state index >= 15 is 0 Å². The number of benzene rings is 1. The molecule has 0 bridgehead atoms. The number of hydrogen-bond donors (Lipinski definition) is 0. The maximum Gasteiger partial charge on any atom is 0.225 e. The van der Waals surface area contributed by atoms with E-state index in [0.717, 1.165) is 18.5 Å². The third-order valence-corrected chi connectivity index (χ3v) is 3.58. The fraction of sp³-hybridized carbons (Fsp3) is 0.462. The first-order chi connectivity index (χ1) is 8.22. The molecule has 0 radical (unpaired) electrons. The maximum absolute atomic E-state index is 13.0. The highest BCUT2D eigenvalue weighted by atomic mass is 19.1. The predicted molar refractivity (Wildman–Crippen MR) is 59.6 cm³/mol. The van der Waals surface area contributed by atoms with Crippen LogP contribution in [0.15, 0.2) is 24.3 Å². The smallest absolute Gasteiger partial charge is 0.225 e. The largest absolute Gasteiger partial charge is 0.351 e. The number of fused-ring (bicyclic) bond motifs is 1. The molecule has 17 heavy (non-hydrogen) atoms. The van der Waals surface area contributed by atoms with Crippen LogP contribution in [0.3, 0.4) is 0 Å². The van der Waals surface area contributed by atoms with Crippen molar-refractivity contribution in [1.82, 2.24) is 4.90 Å². The summed E-state index contributed by atoms with van der Waals surface area (Å²) >= 11 is 0. The first-order valence-corrected chi connectivity index (χ1v) is 5.93. The van der Waals surface area contributed by atoms with Crippen LogP contribution in [0.1, 0.15) is 24.8 Å². The fourth-order valence-corrected chi connectivity index (χ4v) is 2.76. The van der Waals surface area contributed by atoms with E-state index in [1.54, 1.807) is 17.0 Å². The SMILES string of the molecule is O=C1CC[C@@]2(c3ccc(F)cc3)OCCCN12. The van der Waals surface area contributed by atoms with E-state index in [1.807, 2.05) is 0 Å². The third kappa shape index (κ3) is 1.55. The average molecular weight is 235 g/mol. The van der Waals surface area contributed by atoms with Gasteiger partial charge in [-0.15, -0.1) is 0 Å². The van der Waals surface area contributed by atoms with Gasteiger partial charge in [0, 0.05) is 24.9 Å².